The molecule has 124 valence electrons. The molecule has 3 rings (SSSR count). The summed E-state index contributed by atoms with van der Waals surface area (Å²) in [6, 6.07) is 7.80. The number of rotatable bonds is 6. The molecule has 1 aliphatic carbocycles. The number of carbonyl (C=O) groups is 2. The molecule has 3 N–H and O–H groups in total. The van der Waals surface area contributed by atoms with E-state index in [9.17, 15) is 9.59 Å². The van der Waals surface area contributed by atoms with Crippen LogP contribution in [0.25, 0.3) is 0 Å². The van der Waals surface area contributed by atoms with Crippen molar-refractivity contribution in [3.8, 4) is 0 Å². The summed E-state index contributed by atoms with van der Waals surface area (Å²) in [5.74, 6) is 0.00114. The monoisotopic (exact) mass is 316 g/mol. The Kier molecular flexibility index (Phi) is 5.25. The van der Waals surface area contributed by atoms with E-state index in [1.807, 2.05) is 24.3 Å². The predicted octanol–water partition coefficient (Wildman–Crippen LogP) is 0.100. The molecule has 6 heteroatoms. The van der Waals surface area contributed by atoms with Gasteiger partial charge in [-0.15, -0.1) is 0 Å². The lowest BCUT2D eigenvalue weighted by Crippen LogP contribution is -2.47. The lowest BCUT2D eigenvalue weighted by molar-refractivity contribution is -0.122. The Bertz CT molecular complexity index is 565. The first-order valence-electron chi connectivity index (χ1n) is 8.30. The molecule has 0 aromatic heterocycles. The molecule has 1 aromatic carbocycles. The summed E-state index contributed by atoms with van der Waals surface area (Å²) in [5, 5.41) is 9.18. The highest BCUT2D eigenvalue weighted by molar-refractivity contribution is 5.94. The summed E-state index contributed by atoms with van der Waals surface area (Å²) < 4.78 is 0. The van der Waals surface area contributed by atoms with E-state index in [2.05, 4.69) is 20.9 Å². The normalized spacial score (nSPS) is 18.4. The Hall–Kier alpha value is -1.92. The van der Waals surface area contributed by atoms with Gasteiger partial charge >= 0.3 is 0 Å². The van der Waals surface area contributed by atoms with Crippen LogP contribution in [0.3, 0.4) is 0 Å². The number of piperazine rings is 1. The number of nitrogens with zero attached hydrogens (tertiary/aromatic N) is 1. The van der Waals surface area contributed by atoms with E-state index in [0.29, 0.717) is 24.7 Å². The lowest BCUT2D eigenvalue weighted by atomic mass is 10.1. The molecule has 2 fully saturated rings. The number of amides is 2. The van der Waals surface area contributed by atoms with Crippen molar-refractivity contribution in [3.05, 3.63) is 35.4 Å². The quantitative estimate of drug-likeness (QED) is 0.696. The fraction of sp³-hybridized carbons (Fsp3) is 0.529. The van der Waals surface area contributed by atoms with Gasteiger partial charge in [0.15, 0.2) is 0 Å². The molecule has 0 bridgehead atoms. The maximum atomic E-state index is 12.0. The van der Waals surface area contributed by atoms with Crippen molar-refractivity contribution in [1.29, 1.82) is 0 Å². The Morgan fingerprint density at radius 3 is 2.74 bits per heavy atom. The number of benzene rings is 1. The van der Waals surface area contributed by atoms with Crippen molar-refractivity contribution < 1.29 is 9.59 Å². The van der Waals surface area contributed by atoms with Gasteiger partial charge in [0.05, 0.1) is 6.54 Å². The predicted molar refractivity (Wildman–Crippen MR) is 88.1 cm³/mol. The fourth-order valence-corrected chi connectivity index (χ4v) is 2.65. The average molecular weight is 316 g/mol. The molecule has 0 radical (unpaired) electrons. The zero-order chi connectivity index (χ0) is 16.1. The van der Waals surface area contributed by atoms with E-state index < -0.39 is 0 Å². The highest BCUT2D eigenvalue weighted by Gasteiger charge is 2.23. The number of hydrogen-bond acceptors (Lipinski definition) is 4. The largest absolute Gasteiger partial charge is 0.351 e. The maximum Gasteiger partial charge on any atom is 0.251 e. The van der Waals surface area contributed by atoms with Gasteiger partial charge in [-0.25, -0.2) is 0 Å². The first kappa shape index (κ1) is 16.0. The van der Waals surface area contributed by atoms with Gasteiger partial charge in [-0.1, -0.05) is 12.1 Å². The minimum atomic E-state index is -0.0264. The summed E-state index contributed by atoms with van der Waals surface area (Å²) in [7, 11) is 0. The third-order valence-electron chi connectivity index (χ3n) is 4.17. The molecule has 1 aromatic rings. The van der Waals surface area contributed by atoms with Crippen LogP contribution in [0.15, 0.2) is 24.3 Å². The Balaban J connectivity index is 1.47. The Morgan fingerprint density at radius 1 is 1.22 bits per heavy atom. The van der Waals surface area contributed by atoms with Crippen LogP contribution in [-0.4, -0.2) is 55.5 Å². The van der Waals surface area contributed by atoms with Crippen molar-refractivity contribution in [2.75, 3.05) is 32.7 Å². The smallest absolute Gasteiger partial charge is 0.251 e. The summed E-state index contributed by atoms with van der Waals surface area (Å²) in [6.45, 7) is 4.57. The molecule has 1 saturated heterocycles. The Morgan fingerprint density at radius 2 is 2.00 bits per heavy atom. The van der Waals surface area contributed by atoms with Gasteiger partial charge in [0, 0.05) is 44.3 Å². The van der Waals surface area contributed by atoms with Crippen LogP contribution in [0.4, 0.5) is 0 Å². The van der Waals surface area contributed by atoms with Crippen LogP contribution in [0.1, 0.15) is 28.8 Å². The van der Waals surface area contributed by atoms with Crippen molar-refractivity contribution in [1.82, 2.24) is 20.9 Å². The van der Waals surface area contributed by atoms with Crippen molar-refractivity contribution >= 4 is 11.8 Å². The molecule has 0 spiro atoms. The Labute approximate surface area is 136 Å². The van der Waals surface area contributed by atoms with Crippen molar-refractivity contribution in [3.63, 3.8) is 0 Å². The van der Waals surface area contributed by atoms with Crippen LogP contribution < -0.4 is 16.0 Å². The molecule has 1 aliphatic heterocycles. The summed E-state index contributed by atoms with van der Waals surface area (Å²) in [4.78, 5) is 26.2. The standard InChI is InChI=1S/C17H24N4O2/c22-16(12-21-8-6-18-7-9-21)19-11-13-2-1-3-14(10-13)17(23)20-15-4-5-15/h1-3,10,15,18H,4-9,11-12H2,(H,19,22)(H,20,23). The van der Waals surface area contributed by atoms with E-state index in [0.717, 1.165) is 44.6 Å². The van der Waals surface area contributed by atoms with Crippen LogP contribution in [-0.2, 0) is 11.3 Å². The maximum absolute atomic E-state index is 12.0. The molecule has 2 aliphatic rings. The van der Waals surface area contributed by atoms with E-state index in [4.69, 9.17) is 0 Å². The third kappa shape index (κ3) is 5.04. The van der Waals surface area contributed by atoms with E-state index in [1.54, 1.807) is 0 Å². The van der Waals surface area contributed by atoms with Gasteiger partial charge in [0.1, 0.15) is 0 Å². The topological polar surface area (TPSA) is 73.5 Å². The minimum absolute atomic E-state index is 0.0264. The van der Waals surface area contributed by atoms with Crippen LogP contribution in [0, 0.1) is 0 Å². The fourth-order valence-electron chi connectivity index (χ4n) is 2.65. The third-order valence-corrected chi connectivity index (χ3v) is 4.17. The zero-order valence-electron chi connectivity index (χ0n) is 13.3. The number of hydrogen-bond donors (Lipinski definition) is 3. The van der Waals surface area contributed by atoms with Gasteiger partial charge in [0.25, 0.3) is 5.91 Å². The van der Waals surface area contributed by atoms with Crippen molar-refractivity contribution in [2.45, 2.75) is 25.4 Å². The number of carbonyl (C=O) groups excluding carboxylic acids is 2. The van der Waals surface area contributed by atoms with E-state index in [1.165, 1.54) is 0 Å². The second-order valence-electron chi connectivity index (χ2n) is 6.25. The van der Waals surface area contributed by atoms with Gasteiger partial charge < -0.3 is 16.0 Å². The molecule has 2 amide bonds. The summed E-state index contributed by atoms with van der Waals surface area (Å²) in [6.07, 6.45) is 2.15. The average Bonchev–Trinajstić information content (AvgIpc) is 3.38. The van der Waals surface area contributed by atoms with Crippen LogP contribution in [0.2, 0.25) is 0 Å². The molecule has 0 atom stereocenters. The first-order valence-corrected chi connectivity index (χ1v) is 8.30. The molecule has 0 unspecified atom stereocenters. The van der Waals surface area contributed by atoms with Crippen LogP contribution in [0.5, 0.6) is 0 Å². The van der Waals surface area contributed by atoms with Crippen molar-refractivity contribution in [2.24, 2.45) is 0 Å². The highest BCUT2D eigenvalue weighted by atomic mass is 16.2. The molecule has 1 heterocycles. The highest BCUT2D eigenvalue weighted by Crippen LogP contribution is 2.19. The molecule has 1 saturated carbocycles. The number of nitrogens with one attached hydrogen (secondary N) is 3. The molecule has 23 heavy (non-hydrogen) atoms. The van der Waals surface area contributed by atoms with Gasteiger partial charge in [0.2, 0.25) is 5.91 Å². The molecular formula is C17H24N4O2. The second-order valence-corrected chi connectivity index (χ2v) is 6.25. The summed E-state index contributed by atoms with van der Waals surface area (Å²) in [5.41, 5.74) is 1.60. The molecule has 6 nitrogen and oxygen atoms in total. The summed E-state index contributed by atoms with van der Waals surface area (Å²) >= 11 is 0. The van der Waals surface area contributed by atoms with Gasteiger partial charge in [-0.05, 0) is 30.5 Å². The first-order chi connectivity index (χ1) is 11.2. The zero-order valence-corrected chi connectivity index (χ0v) is 13.3. The van der Waals surface area contributed by atoms with Gasteiger partial charge in [-0.2, -0.15) is 0 Å². The van der Waals surface area contributed by atoms with Gasteiger partial charge in [-0.3, -0.25) is 14.5 Å². The lowest BCUT2D eigenvalue weighted by Gasteiger charge is -2.26. The van der Waals surface area contributed by atoms with E-state index in [-0.39, 0.29) is 11.8 Å². The van der Waals surface area contributed by atoms with E-state index >= 15 is 0 Å². The molecular weight excluding hydrogens is 292 g/mol. The second kappa shape index (κ2) is 7.57. The minimum Gasteiger partial charge on any atom is -0.351 e. The van der Waals surface area contributed by atoms with Crippen LogP contribution >= 0.6 is 0 Å². The SMILES string of the molecule is O=C(CN1CCNCC1)NCc1cccc(C(=O)NC2CC2)c1.